The molecule has 0 aromatic carbocycles. The first-order valence-electron chi connectivity index (χ1n) is 8.48. The first-order chi connectivity index (χ1) is 11.2. The monoisotopic (exact) mass is 338 g/mol. The van der Waals surface area contributed by atoms with Gasteiger partial charge < -0.3 is 14.5 Å². The summed E-state index contributed by atoms with van der Waals surface area (Å²) in [6, 6.07) is 0. The van der Waals surface area contributed by atoms with E-state index in [1.807, 2.05) is 6.92 Å². The number of methoxy groups -OCH3 is 1. The predicted molar refractivity (Wildman–Crippen MR) is 89.8 cm³/mol. The zero-order valence-corrected chi connectivity index (χ0v) is 14.9. The van der Waals surface area contributed by atoms with Gasteiger partial charge in [-0.3, -0.25) is 4.79 Å². The Morgan fingerprint density at radius 2 is 2.04 bits per heavy atom. The minimum atomic E-state index is 0.0370. The molecule has 0 radical (unpaired) electrons. The zero-order valence-electron chi connectivity index (χ0n) is 14.1. The van der Waals surface area contributed by atoms with Gasteiger partial charge in [-0.15, -0.1) is 5.10 Å². The lowest BCUT2D eigenvalue weighted by Gasteiger charge is -2.38. The lowest BCUT2D eigenvalue weighted by Crippen LogP contribution is -2.48. The Labute approximate surface area is 142 Å². The molecule has 7 heteroatoms. The predicted octanol–water partition coefficient (Wildman–Crippen LogP) is 1.95. The van der Waals surface area contributed by atoms with Crippen LogP contribution in [0.5, 0.6) is 0 Å². The van der Waals surface area contributed by atoms with Gasteiger partial charge in [0.2, 0.25) is 0 Å². The fourth-order valence-corrected chi connectivity index (χ4v) is 4.61. The van der Waals surface area contributed by atoms with E-state index in [-0.39, 0.29) is 11.4 Å². The first kappa shape index (κ1) is 16.8. The highest BCUT2D eigenvalue weighted by atomic mass is 32.1. The fraction of sp³-hybridized carbons (Fsp3) is 0.812. The summed E-state index contributed by atoms with van der Waals surface area (Å²) in [4.78, 5) is 18.3. The number of ether oxygens (including phenoxy) is 1. The first-order valence-corrected chi connectivity index (χ1v) is 9.26. The van der Waals surface area contributed by atoms with Crippen molar-refractivity contribution in [2.24, 2.45) is 0 Å². The van der Waals surface area contributed by atoms with Gasteiger partial charge in [0, 0.05) is 32.3 Å². The third kappa shape index (κ3) is 3.41. The van der Waals surface area contributed by atoms with Crippen molar-refractivity contribution in [1.29, 1.82) is 0 Å². The van der Waals surface area contributed by atoms with E-state index in [0.717, 1.165) is 70.6 Å². The van der Waals surface area contributed by atoms with Crippen molar-refractivity contribution in [3.05, 3.63) is 10.6 Å². The molecule has 0 N–H and O–H groups in total. The van der Waals surface area contributed by atoms with E-state index in [9.17, 15) is 4.79 Å². The van der Waals surface area contributed by atoms with Gasteiger partial charge in [0.05, 0.1) is 12.3 Å². The van der Waals surface area contributed by atoms with Crippen molar-refractivity contribution < 1.29 is 9.53 Å². The Balaban J connectivity index is 1.72. The SMILES string of the molecule is COCCN1CCC[C@@]2(CCCN2C(=O)c2snnc2C)CC1. The maximum Gasteiger partial charge on any atom is 0.267 e. The molecule has 1 atom stereocenters. The highest BCUT2D eigenvalue weighted by Gasteiger charge is 2.44. The maximum absolute atomic E-state index is 13.0. The van der Waals surface area contributed by atoms with Crippen LogP contribution in [0.4, 0.5) is 0 Å². The summed E-state index contributed by atoms with van der Waals surface area (Å²) >= 11 is 1.23. The van der Waals surface area contributed by atoms with Gasteiger partial charge in [-0.05, 0) is 57.1 Å². The van der Waals surface area contributed by atoms with Crippen molar-refractivity contribution in [3.63, 3.8) is 0 Å². The standard InChI is InChI=1S/C16H26N4O2S/c1-13-14(23-18-17-13)15(21)20-9-4-6-16(20)5-3-8-19(10-7-16)11-12-22-2/h3-12H2,1-2H3/t16-/m1/s1. The molecule has 6 nitrogen and oxygen atoms in total. The van der Waals surface area contributed by atoms with Crippen LogP contribution >= 0.6 is 11.5 Å². The number of amides is 1. The largest absolute Gasteiger partial charge is 0.383 e. The van der Waals surface area contributed by atoms with E-state index in [2.05, 4.69) is 19.4 Å². The van der Waals surface area contributed by atoms with Crippen molar-refractivity contribution in [2.75, 3.05) is 39.9 Å². The summed E-state index contributed by atoms with van der Waals surface area (Å²) in [5.41, 5.74) is 0.799. The Hall–Kier alpha value is -1.05. The summed E-state index contributed by atoms with van der Waals surface area (Å²) in [7, 11) is 1.75. The van der Waals surface area contributed by atoms with Crippen LogP contribution in [0.25, 0.3) is 0 Å². The molecule has 0 aliphatic carbocycles. The van der Waals surface area contributed by atoms with Crippen LogP contribution in [0.2, 0.25) is 0 Å². The van der Waals surface area contributed by atoms with Gasteiger partial charge in [-0.25, -0.2) is 0 Å². The average molecular weight is 338 g/mol. The third-order valence-electron chi connectivity index (χ3n) is 5.31. The second-order valence-electron chi connectivity index (χ2n) is 6.66. The van der Waals surface area contributed by atoms with E-state index < -0.39 is 0 Å². The summed E-state index contributed by atoms with van der Waals surface area (Å²) in [6.45, 7) is 6.66. The molecular formula is C16H26N4O2S. The molecule has 0 saturated carbocycles. The molecule has 1 aromatic heterocycles. The third-order valence-corrected chi connectivity index (χ3v) is 6.12. The molecule has 0 unspecified atom stereocenters. The highest BCUT2D eigenvalue weighted by Crippen LogP contribution is 2.39. The van der Waals surface area contributed by atoms with Crippen molar-refractivity contribution in [2.45, 2.75) is 44.6 Å². The molecule has 2 aliphatic rings. The molecule has 2 aliphatic heterocycles. The fourth-order valence-electron chi connectivity index (χ4n) is 4.00. The van der Waals surface area contributed by atoms with E-state index in [4.69, 9.17) is 4.74 Å². The molecule has 2 saturated heterocycles. The van der Waals surface area contributed by atoms with E-state index in [1.165, 1.54) is 11.5 Å². The number of rotatable bonds is 4. The molecule has 1 amide bonds. The second kappa shape index (κ2) is 7.23. The van der Waals surface area contributed by atoms with Crippen LogP contribution in [0.1, 0.15) is 47.5 Å². The van der Waals surface area contributed by atoms with Crippen LogP contribution in [0.15, 0.2) is 0 Å². The average Bonchev–Trinajstić information content (AvgIpc) is 3.09. The van der Waals surface area contributed by atoms with Gasteiger partial charge in [-0.2, -0.15) is 0 Å². The second-order valence-corrected chi connectivity index (χ2v) is 7.41. The molecule has 1 aromatic rings. The minimum absolute atomic E-state index is 0.0370. The number of aryl methyl sites for hydroxylation is 1. The number of carbonyl (C=O) groups excluding carboxylic acids is 1. The molecular weight excluding hydrogens is 312 g/mol. The van der Waals surface area contributed by atoms with E-state index in [1.54, 1.807) is 7.11 Å². The normalized spacial score (nSPS) is 25.9. The Kier molecular flexibility index (Phi) is 5.28. The van der Waals surface area contributed by atoms with Gasteiger partial charge in [0.15, 0.2) is 0 Å². The number of carbonyl (C=O) groups is 1. The van der Waals surface area contributed by atoms with Crippen LogP contribution in [0, 0.1) is 6.92 Å². The lowest BCUT2D eigenvalue weighted by atomic mass is 9.87. The van der Waals surface area contributed by atoms with Crippen LogP contribution in [0.3, 0.4) is 0 Å². The van der Waals surface area contributed by atoms with Gasteiger partial charge >= 0.3 is 0 Å². The Morgan fingerprint density at radius 3 is 2.74 bits per heavy atom. The van der Waals surface area contributed by atoms with E-state index >= 15 is 0 Å². The molecule has 3 heterocycles. The molecule has 0 bridgehead atoms. The van der Waals surface area contributed by atoms with Crippen molar-refractivity contribution >= 4 is 17.4 Å². The summed E-state index contributed by atoms with van der Waals surface area (Å²) in [5.74, 6) is 0.139. The molecule has 1 spiro atoms. The minimum Gasteiger partial charge on any atom is -0.383 e. The molecule has 3 rings (SSSR count). The van der Waals surface area contributed by atoms with Crippen molar-refractivity contribution in [3.8, 4) is 0 Å². The maximum atomic E-state index is 13.0. The smallest absolute Gasteiger partial charge is 0.267 e. The summed E-state index contributed by atoms with van der Waals surface area (Å²) in [6.07, 6.45) is 5.55. The van der Waals surface area contributed by atoms with Gasteiger partial charge in [-0.1, -0.05) is 4.49 Å². The Morgan fingerprint density at radius 1 is 1.26 bits per heavy atom. The van der Waals surface area contributed by atoms with Crippen LogP contribution < -0.4 is 0 Å². The van der Waals surface area contributed by atoms with Crippen LogP contribution in [-0.2, 0) is 4.74 Å². The summed E-state index contributed by atoms with van der Waals surface area (Å²) < 4.78 is 9.14. The number of likely N-dealkylation sites (tertiary alicyclic amines) is 2. The molecule has 23 heavy (non-hydrogen) atoms. The lowest BCUT2D eigenvalue weighted by molar-refractivity contribution is 0.0559. The number of aromatic nitrogens is 2. The topological polar surface area (TPSA) is 58.6 Å². The number of hydrogen-bond donors (Lipinski definition) is 0. The number of nitrogens with zero attached hydrogens (tertiary/aromatic N) is 4. The van der Waals surface area contributed by atoms with Gasteiger partial charge in [0.25, 0.3) is 5.91 Å². The summed E-state index contributed by atoms with van der Waals surface area (Å²) in [5, 5.41) is 4.01. The Bertz CT molecular complexity index is 550. The van der Waals surface area contributed by atoms with Crippen LogP contribution in [-0.4, -0.2) is 70.7 Å². The quantitative estimate of drug-likeness (QED) is 0.840. The molecule has 2 fully saturated rings. The molecule has 128 valence electrons. The van der Waals surface area contributed by atoms with Gasteiger partial charge in [0.1, 0.15) is 4.88 Å². The number of hydrogen-bond acceptors (Lipinski definition) is 6. The van der Waals surface area contributed by atoms with Crippen molar-refractivity contribution in [1.82, 2.24) is 19.4 Å². The van der Waals surface area contributed by atoms with E-state index in [0.29, 0.717) is 4.88 Å². The highest BCUT2D eigenvalue weighted by molar-refractivity contribution is 7.07. The zero-order chi connectivity index (χ0) is 16.3.